The van der Waals surface area contributed by atoms with Crippen LogP contribution in [0.1, 0.15) is 17.1 Å². The average Bonchev–Trinajstić information content (AvgIpc) is 3.50. The standard InChI is InChI=1S/C25H24N8S/c1-16-6-5-9-20(30-16)24-23(18-10-11-22-28-15-29-33(22)14-18)31-21(32-24)13-27-25(34)19(26)12-17-7-3-2-4-8-17/h2-11,14-15,19H,12-13,26H2,1H3,(H,27,34)(H,31,32)/t19-/m1/s1. The molecule has 170 valence electrons. The van der Waals surface area contributed by atoms with Crippen molar-refractivity contribution in [3.63, 3.8) is 0 Å². The largest absolute Gasteiger partial charge is 0.371 e. The minimum absolute atomic E-state index is 0.278. The van der Waals surface area contributed by atoms with Gasteiger partial charge in [0.25, 0.3) is 0 Å². The Morgan fingerprint density at radius 2 is 1.94 bits per heavy atom. The van der Waals surface area contributed by atoms with Crippen LogP contribution in [0.2, 0.25) is 0 Å². The molecule has 1 atom stereocenters. The van der Waals surface area contributed by atoms with E-state index in [1.807, 2.05) is 73.8 Å². The lowest BCUT2D eigenvalue weighted by Crippen LogP contribution is -2.40. The van der Waals surface area contributed by atoms with E-state index in [0.29, 0.717) is 18.0 Å². The predicted octanol–water partition coefficient (Wildman–Crippen LogP) is 3.48. The van der Waals surface area contributed by atoms with Gasteiger partial charge in [0.05, 0.1) is 34.7 Å². The highest BCUT2D eigenvalue weighted by Gasteiger charge is 2.17. The zero-order chi connectivity index (χ0) is 23.5. The Balaban J connectivity index is 1.40. The molecule has 0 saturated carbocycles. The van der Waals surface area contributed by atoms with Crippen LogP contribution < -0.4 is 11.1 Å². The summed E-state index contributed by atoms with van der Waals surface area (Å²) < 4.78 is 1.73. The number of nitrogens with zero attached hydrogens (tertiary/aromatic N) is 5. The number of benzene rings is 1. The van der Waals surface area contributed by atoms with Gasteiger partial charge >= 0.3 is 0 Å². The van der Waals surface area contributed by atoms with E-state index in [4.69, 9.17) is 27.9 Å². The lowest BCUT2D eigenvalue weighted by Gasteiger charge is -2.14. The highest BCUT2D eigenvalue weighted by Crippen LogP contribution is 2.29. The summed E-state index contributed by atoms with van der Waals surface area (Å²) in [6.45, 7) is 2.39. The number of hydrogen-bond donors (Lipinski definition) is 3. The Kier molecular flexibility index (Phi) is 6.11. The summed E-state index contributed by atoms with van der Waals surface area (Å²) in [5.74, 6) is 0.737. The summed E-state index contributed by atoms with van der Waals surface area (Å²) in [7, 11) is 0. The maximum atomic E-state index is 6.33. The zero-order valence-electron chi connectivity index (χ0n) is 18.6. The van der Waals surface area contributed by atoms with Gasteiger partial charge in [-0.05, 0) is 43.2 Å². The topological polar surface area (TPSA) is 110 Å². The number of nitrogens with one attached hydrogen (secondary N) is 2. The van der Waals surface area contributed by atoms with Crippen LogP contribution in [0.5, 0.6) is 0 Å². The fourth-order valence-electron chi connectivity index (χ4n) is 3.80. The summed E-state index contributed by atoms with van der Waals surface area (Å²) in [5.41, 5.74) is 12.5. The third-order valence-corrected chi connectivity index (χ3v) is 5.96. The Labute approximate surface area is 202 Å². The Morgan fingerprint density at radius 1 is 1.09 bits per heavy atom. The van der Waals surface area contributed by atoms with Gasteiger partial charge in [-0.25, -0.2) is 14.5 Å². The van der Waals surface area contributed by atoms with Crippen molar-refractivity contribution in [1.82, 2.24) is 34.9 Å². The van der Waals surface area contributed by atoms with Gasteiger partial charge in [-0.3, -0.25) is 4.98 Å². The van der Waals surface area contributed by atoms with Gasteiger partial charge < -0.3 is 16.0 Å². The van der Waals surface area contributed by atoms with Gasteiger partial charge in [0.1, 0.15) is 12.2 Å². The van der Waals surface area contributed by atoms with Gasteiger partial charge in [-0.2, -0.15) is 5.10 Å². The van der Waals surface area contributed by atoms with Crippen molar-refractivity contribution in [3.05, 3.63) is 90.3 Å². The molecule has 9 heteroatoms. The number of thiocarbonyl (C=S) groups is 1. The van der Waals surface area contributed by atoms with Crippen LogP contribution in [-0.4, -0.2) is 40.6 Å². The Hall–Kier alpha value is -3.95. The highest BCUT2D eigenvalue weighted by atomic mass is 32.1. The van der Waals surface area contributed by atoms with E-state index in [9.17, 15) is 0 Å². The molecule has 5 aromatic rings. The van der Waals surface area contributed by atoms with Gasteiger partial charge in [-0.15, -0.1) is 0 Å². The van der Waals surface area contributed by atoms with Crippen LogP contribution in [0, 0.1) is 6.92 Å². The summed E-state index contributed by atoms with van der Waals surface area (Å²) in [4.78, 5) is 17.8. The van der Waals surface area contributed by atoms with Crippen molar-refractivity contribution in [2.45, 2.75) is 25.9 Å². The molecule has 0 radical (unpaired) electrons. The summed E-state index contributed by atoms with van der Waals surface area (Å²) in [6, 6.07) is 19.6. The third kappa shape index (κ3) is 4.70. The van der Waals surface area contributed by atoms with E-state index < -0.39 is 0 Å². The molecule has 0 bridgehead atoms. The molecule has 5 rings (SSSR count). The number of rotatable bonds is 7. The summed E-state index contributed by atoms with van der Waals surface area (Å²) in [5, 5.41) is 7.51. The molecule has 0 saturated heterocycles. The molecule has 8 nitrogen and oxygen atoms in total. The SMILES string of the molecule is Cc1cccc(-c2[nH]c(CNC(=S)[C@H](N)Cc3ccccc3)nc2-c2ccc3ncnn3c2)n1. The number of H-pyrrole nitrogens is 1. The van der Waals surface area contributed by atoms with E-state index in [0.717, 1.165) is 45.4 Å². The minimum atomic E-state index is -0.278. The number of hydrogen-bond acceptors (Lipinski definition) is 6. The Bertz CT molecular complexity index is 1440. The second kappa shape index (κ2) is 9.50. The number of aromatic amines is 1. The molecule has 34 heavy (non-hydrogen) atoms. The summed E-state index contributed by atoms with van der Waals surface area (Å²) >= 11 is 5.55. The minimum Gasteiger partial charge on any atom is -0.371 e. The fraction of sp³-hybridized carbons (Fsp3) is 0.160. The van der Waals surface area contributed by atoms with Crippen molar-refractivity contribution in [2.75, 3.05) is 0 Å². The normalized spacial score (nSPS) is 12.1. The van der Waals surface area contributed by atoms with Gasteiger partial charge in [0.15, 0.2) is 5.65 Å². The number of aromatic nitrogens is 6. The molecular weight excluding hydrogens is 444 g/mol. The first-order chi connectivity index (χ1) is 16.6. The quantitative estimate of drug-likeness (QED) is 0.314. The second-order valence-electron chi connectivity index (χ2n) is 8.07. The molecule has 4 N–H and O–H groups in total. The van der Waals surface area contributed by atoms with Crippen LogP contribution in [-0.2, 0) is 13.0 Å². The molecule has 4 aromatic heterocycles. The van der Waals surface area contributed by atoms with Crippen molar-refractivity contribution in [1.29, 1.82) is 0 Å². The monoisotopic (exact) mass is 468 g/mol. The molecule has 0 aliphatic carbocycles. The molecule has 0 amide bonds. The number of nitrogens with two attached hydrogens (primary N) is 1. The molecule has 0 aliphatic rings. The van der Waals surface area contributed by atoms with Crippen LogP contribution in [0.15, 0.2) is 73.2 Å². The van der Waals surface area contributed by atoms with Crippen LogP contribution in [0.4, 0.5) is 0 Å². The molecule has 0 aliphatic heterocycles. The molecule has 1 aromatic carbocycles. The fourth-order valence-corrected chi connectivity index (χ4v) is 3.96. The predicted molar refractivity (Wildman–Crippen MR) is 136 cm³/mol. The van der Waals surface area contributed by atoms with Crippen LogP contribution in [0.25, 0.3) is 28.3 Å². The van der Waals surface area contributed by atoms with Gasteiger partial charge in [-0.1, -0.05) is 48.6 Å². The van der Waals surface area contributed by atoms with E-state index in [1.54, 1.807) is 4.52 Å². The highest BCUT2D eigenvalue weighted by molar-refractivity contribution is 7.80. The van der Waals surface area contributed by atoms with Crippen LogP contribution >= 0.6 is 12.2 Å². The number of imidazole rings is 1. The van der Waals surface area contributed by atoms with E-state index in [-0.39, 0.29) is 6.04 Å². The van der Waals surface area contributed by atoms with Crippen molar-refractivity contribution in [2.24, 2.45) is 5.73 Å². The third-order valence-electron chi connectivity index (χ3n) is 5.51. The van der Waals surface area contributed by atoms with E-state index >= 15 is 0 Å². The average molecular weight is 469 g/mol. The zero-order valence-corrected chi connectivity index (χ0v) is 19.5. The number of aryl methyl sites for hydroxylation is 1. The first-order valence-corrected chi connectivity index (χ1v) is 11.4. The van der Waals surface area contributed by atoms with Crippen molar-refractivity contribution in [3.8, 4) is 22.6 Å². The Morgan fingerprint density at radius 3 is 2.76 bits per heavy atom. The first kappa shape index (κ1) is 21.9. The second-order valence-corrected chi connectivity index (χ2v) is 8.51. The van der Waals surface area contributed by atoms with Gasteiger partial charge in [0.2, 0.25) is 0 Å². The van der Waals surface area contributed by atoms with Gasteiger partial charge in [0, 0.05) is 17.5 Å². The number of pyridine rings is 2. The molecule has 0 spiro atoms. The first-order valence-electron chi connectivity index (χ1n) is 11.0. The van der Waals surface area contributed by atoms with Crippen LogP contribution in [0.3, 0.4) is 0 Å². The molecule has 0 unspecified atom stereocenters. The lowest BCUT2D eigenvalue weighted by atomic mass is 10.1. The number of fused-ring (bicyclic) bond motifs is 1. The van der Waals surface area contributed by atoms with Crippen molar-refractivity contribution < 1.29 is 0 Å². The van der Waals surface area contributed by atoms with Crippen molar-refractivity contribution >= 4 is 22.9 Å². The smallest absolute Gasteiger partial charge is 0.155 e. The molecular formula is C25H24N8S. The van der Waals surface area contributed by atoms with E-state index in [1.165, 1.54) is 6.33 Å². The summed E-state index contributed by atoms with van der Waals surface area (Å²) in [6.07, 6.45) is 4.11. The lowest BCUT2D eigenvalue weighted by molar-refractivity contribution is 0.779. The van der Waals surface area contributed by atoms with E-state index in [2.05, 4.69) is 20.4 Å². The molecule has 4 heterocycles. The maximum absolute atomic E-state index is 6.33. The molecule has 0 fully saturated rings. The maximum Gasteiger partial charge on any atom is 0.155 e.